The van der Waals surface area contributed by atoms with Crippen molar-refractivity contribution in [3.05, 3.63) is 70.7 Å². The maximum absolute atomic E-state index is 12.2. The van der Waals surface area contributed by atoms with Gasteiger partial charge >= 0.3 is 0 Å². The second-order valence-electron chi connectivity index (χ2n) is 5.49. The average Bonchev–Trinajstić information content (AvgIpc) is 3.11. The third-order valence-corrected chi connectivity index (χ3v) is 4.17. The Morgan fingerprint density at radius 1 is 1.25 bits per heavy atom. The van der Waals surface area contributed by atoms with Crippen molar-refractivity contribution in [3.63, 3.8) is 0 Å². The third-order valence-electron chi connectivity index (χ3n) is 3.82. The van der Waals surface area contributed by atoms with Gasteiger partial charge in [0.25, 0.3) is 5.91 Å². The molecule has 0 aliphatic carbocycles. The molecule has 1 aliphatic rings. The molecule has 124 valence electrons. The topological polar surface area (TPSA) is 70.9 Å². The van der Waals surface area contributed by atoms with E-state index >= 15 is 0 Å². The van der Waals surface area contributed by atoms with Gasteiger partial charge in [0.15, 0.2) is 6.10 Å². The van der Waals surface area contributed by atoms with Gasteiger partial charge in [0.05, 0.1) is 6.10 Å². The molecule has 5 nitrogen and oxygen atoms in total. The Labute approximate surface area is 144 Å². The number of carbonyl (C=O) groups excluding carboxylic acids is 1. The summed E-state index contributed by atoms with van der Waals surface area (Å²) < 4.78 is 0. The number of aliphatic hydroxyl groups excluding tert-OH is 1. The molecule has 24 heavy (non-hydrogen) atoms. The number of hydrogen-bond donors (Lipinski definition) is 2. The minimum absolute atomic E-state index is 0.0532. The number of carbonyl (C=O) groups is 1. The Balaban J connectivity index is 1.54. The van der Waals surface area contributed by atoms with Crippen LogP contribution in [0.3, 0.4) is 0 Å². The van der Waals surface area contributed by atoms with Gasteiger partial charge in [-0.05, 0) is 11.6 Å². The van der Waals surface area contributed by atoms with Crippen LogP contribution in [0.15, 0.2) is 59.8 Å². The molecule has 6 heteroatoms. The van der Waals surface area contributed by atoms with E-state index in [-0.39, 0.29) is 18.6 Å². The maximum atomic E-state index is 12.2. The molecule has 0 spiro atoms. The predicted octanol–water partition coefficient (Wildman–Crippen LogP) is 3.01. The highest BCUT2D eigenvalue weighted by molar-refractivity contribution is 6.39. The number of nitrogens with one attached hydrogen (secondary N) is 1. The Bertz CT molecular complexity index is 749. The van der Waals surface area contributed by atoms with Gasteiger partial charge in [-0.15, -0.1) is 0 Å². The first-order valence-electron chi connectivity index (χ1n) is 7.63. The summed E-state index contributed by atoms with van der Waals surface area (Å²) in [6.07, 6.45) is -0.728. The van der Waals surface area contributed by atoms with E-state index in [2.05, 4.69) is 10.5 Å². The lowest BCUT2D eigenvalue weighted by Crippen LogP contribution is -2.33. The monoisotopic (exact) mass is 344 g/mol. The van der Waals surface area contributed by atoms with E-state index in [0.29, 0.717) is 22.7 Å². The quantitative estimate of drug-likeness (QED) is 0.875. The molecule has 2 aromatic rings. The summed E-state index contributed by atoms with van der Waals surface area (Å²) in [5.41, 5.74) is 1.86. The first-order chi connectivity index (χ1) is 11.6. The van der Waals surface area contributed by atoms with Crippen molar-refractivity contribution in [2.45, 2.75) is 18.6 Å². The first kappa shape index (κ1) is 16.5. The van der Waals surface area contributed by atoms with Crippen LogP contribution in [0.1, 0.15) is 29.8 Å². The fraction of sp³-hybridized carbons (Fsp3) is 0.222. The second-order valence-corrected chi connectivity index (χ2v) is 5.90. The fourth-order valence-corrected chi connectivity index (χ4v) is 2.77. The zero-order chi connectivity index (χ0) is 16.9. The van der Waals surface area contributed by atoms with Gasteiger partial charge in [0.1, 0.15) is 5.71 Å². The van der Waals surface area contributed by atoms with Crippen LogP contribution in [0.2, 0.25) is 5.02 Å². The number of benzene rings is 2. The minimum Gasteiger partial charge on any atom is -0.387 e. The zero-order valence-electron chi connectivity index (χ0n) is 12.9. The molecule has 2 aromatic carbocycles. The molecule has 0 bridgehead atoms. The molecule has 0 radical (unpaired) electrons. The Kier molecular flexibility index (Phi) is 5.13. The Hall–Kier alpha value is -2.37. The zero-order valence-corrected chi connectivity index (χ0v) is 13.6. The molecule has 0 saturated carbocycles. The van der Waals surface area contributed by atoms with Crippen molar-refractivity contribution in [1.82, 2.24) is 5.32 Å². The van der Waals surface area contributed by atoms with Crippen molar-refractivity contribution in [2.24, 2.45) is 5.16 Å². The lowest BCUT2D eigenvalue weighted by Gasteiger charge is -2.13. The number of oxime groups is 1. The van der Waals surface area contributed by atoms with E-state index in [1.54, 1.807) is 24.3 Å². The first-order valence-corrected chi connectivity index (χ1v) is 8.01. The lowest BCUT2D eigenvalue weighted by atomic mass is 10.0. The highest BCUT2D eigenvalue weighted by Gasteiger charge is 2.27. The molecule has 0 saturated heterocycles. The Morgan fingerprint density at radius 2 is 1.96 bits per heavy atom. The highest BCUT2D eigenvalue weighted by Crippen LogP contribution is 2.27. The van der Waals surface area contributed by atoms with Crippen LogP contribution in [0.25, 0.3) is 0 Å². The predicted molar refractivity (Wildman–Crippen MR) is 91.7 cm³/mol. The molecule has 2 N–H and O–H groups in total. The molecule has 0 fully saturated rings. The van der Waals surface area contributed by atoms with E-state index in [0.717, 1.165) is 5.56 Å². The minimum atomic E-state index is -0.879. The van der Waals surface area contributed by atoms with Gasteiger partial charge in [-0.25, -0.2) is 0 Å². The number of halogens is 1. The van der Waals surface area contributed by atoms with Crippen molar-refractivity contribution >= 4 is 23.2 Å². The van der Waals surface area contributed by atoms with Crippen molar-refractivity contribution in [3.8, 4) is 0 Å². The van der Waals surface area contributed by atoms with Gasteiger partial charge in [0, 0.05) is 23.6 Å². The molecule has 3 rings (SSSR count). The summed E-state index contributed by atoms with van der Waals surface area (Å²) in [6.45, 7) is 0.0532. The van der Waals surface area contributed by atoms with Gasteiger partial charge < -0.3 is 15.3 Å². The number of aliphatic hydroxyl groups is 1. The fourth-order valence-electron chi connectivity index (χ4n) is 2.50. The van der Waals surface area contributed by atoms with E-state index in [1.165, 1.54) is 0 Å². The molecule has 1 heterocycles. The van der Waals surface area contributed by atoms with Gasteiger partial charge in [-0.3, -0.25) is 4.79 Å². The normalized spacial score (nSPS) is 17.8. The van der Waals surface area contributed by atoms with Crippen molar-refractivity contribution in [2.75, 3.05) is 6.54 Å². The molecule has 0 aromatic heterocycles. The Morgan fingerprint density at radius 3 is 2.71 bits per heavy atom. The number of hydrogen-bond acceptors (Lipinski definition) is 4. The summed E-state index contributed by atoms with van der Waals surface area (Å²) >= 11 is 6.03. The SMILES string of the molecule is O=C(NC[C@H](O)c1ccccc1Cl)C1=NO[C@@H](c2ccccc2)C1. The molecule has 1 amide bonds. The number of rotatable bonds is 5. The maximum Gasteiger partial charge on any atom is 0.269 e. The summed E-state index contributed by atoms with van der Waals surface area (Å²) in [5, 5.41) is 17.1. The largest absolute Gasteiger partial charge is 0.387 e. The molecular weight excluding hydrogens is 328 g/mol. The molecule has 1 aliphatic heterocycles. The van der Waals surface area contributed by atoms with Gasteiger partial charge in [-0.2, -0.15) is 0 Å². The standard InChI is InChI=1S/C18H17ClN2O3/c19-14-9-5-4-8-13(14)16(22)11-20-18(23)15-10-17(24-21-15)12-6-2-1-3-7-12/h1-9,16-17,22H,10-11H2,(H,20,23)/t16-,17+/m0/s1. The van der Waals surface area contributed by atoms with Crippen LogP contribution in [-0.4, -0.2) is 23.3 Å². The number of amides is 1. The average molecular weight is 345 g/mol. The summed E-state index contributed by atoms with van der Waals surface area (Å²) in [6, 6.07) is 16.6. The summed E-state index contributed by atoms with van der Waals surface area (Å²) in [5.74, 6) is -0.348. The van der Waals surface area contributed by atoms with E-state index in [1.807, 2.05) is 30.3 Å². The van der Waals surface area contributed by atoms with Crippen LogP contribution in [-0.2, 0) is 9.63 Å². The van der Waals surface area contributed by atoms with E-state index in [9.17, 15) is 9.90 Å². The number of nitrogens with zero attached hydrogens (tertiary/aromatic N) is 1. The van der Waals surface area contributed by atoms with Crippen LogP contribution in [0, 0.1) is 0 Å². The second kappa shape index (κ2) is 7.47. The van der Waals surface area contributed by atoms with Crippen LogP contribution in [0.5, 0.6) is 0 Å². The van der Waals surface area contributed by atoms with Crippen molar-refractivity contribution in [1.29, 1.82) is 0 Å². The van der Waals surface area contributed by atoms with E-state index < -0.39 is 6.10 Å². The summed E-state index contributed by atoms with van der Waals surface area (Å²) in [4.78, 5) is 17.5. The molecule has 0 unspecified atom stereocenters. The van der Waals surface area contributed by atoms with Crippen LogP contribution in [0.4, 0.5) is 0 Å². The van der Waals surface area contributed by atoms with Crippen LogP contribution >= 0.6 is 11.6 Å². The third kappa shape index (κ3) is 3.75. The highest BCUT2D eigenvalue weighted by atomic mass is 35.5. The lowest BCUT2D eigenvalue weighted by molar-refractivity contribution is -0.115. The molecule has 2 atom stereocenters. The van der Waals surface area contributed by atoms with Gasteiger partial charge in [-0.1, -0.05) is 65.3 Å². The van der Waals surface area contributed by atoms with E-state index in [4.69, 9.17) is 16.4 Å². The van der Waals surface area contributed by atoms with Crippen molar-refractivity contribution < 1.29 is 14.7 Å². The van der Waals surface area contributed by atoms with Gasteiger partial charge in [0.2, 0.25) is 0 Å². The summed E-state index contributed by atoms with van der Waals surface area (Å²) in [7, 11) is 0. The van der Waals surface area contributed by atoms with Crippen LogP contribution < -0.4 is 5.32 Å². The molecular formula is C18H17ClN2O3. The smallest absolute Gasteiger partial charge is 0.269 e.